The zero-order valence-corrected chi connectivity index (χ0v) is 18.0. The minimum absolute atomic E-state index is 0.135. The first-order chi connectivity index (χ1) is 15.3. The van der Waals surface area contributed by atoms with Crippen LogP contribution in [-0.2, 0) is 46.4 Å². The lowest BCUT2D eigenvalue weighted by Gasteiger charge is -2.30. The Morgan fingerprint density at radius 1 is 0.742 bits per heavy atom. The third-order valence-electron chi connectivity index (χ3n) is 5.64. The second kappa shape index (κ2) is 10.7. The van der Waals surface area contributed by atoms with Crippen LogP contribution in [0.2, 0.25) is 0 Å². The Bertz CT molecular complexity index is 787. The Hall–Kier alpha value is -1.84. The maximum Gasteiger partial charge on any atom is 0.149 e. The van der Waals surface area contributed by atoms with Crippen LogP contribution < -0.4 is 0 Å². The Morgan fingerprint density at radius 2 is 1.32 bits per heavy atom. The van der Waals surface area contributed by atoms with Gasteiger partial charge in [0.05, 0.1) is 19.8 Å². The summed E-state index contributed by atoms with van der Waals surface area (Å²) >= 11 is 0. The molecule has 5 atom stereocenters. The average molecular weight is 430 g/mol. The Morgan fingerprint density at radius 3 is 1.94 bits per heavy atom. The van der Waals surface area contributed by atoms with Crippen LogP contribution in [0.25, 0.3) is 0 Å². The molecule has 1 saturated heterocycles. The van der Waals surface area contributed by atoms with Crippen LogP contribution in [0, 0.1) is 0 Å². The summed E-state index contributed by atoms with van der Waals surface area (Å²) in [7, 11) is 3.18. The largest absolute Gasteiger partial charge is 0.374 e. The molecular formula is C24H30O7. The van der Waals surface area contributed by atoms with Gasteiger partial charge in [-0.3, -0.25) is 0 Å². The van der Waals surface area contributed by atoms with E-state index in [0.29, 0.717) is 19.8 Å². The summed E-state index contributed by atoms with van der Waals surface area (Å²) in [5.41, 5.74) is 1.56. The van der Waals surface area contributed by atoms with Gasteiger partial charge in [-0.2, -0.15) is 0 Å². The van der Waals surface area contributed by atoms with Gasteiger partial charge >= 0.3 is 0 Å². The van der Waals surface area contributed by atoms with Crippen molar-refractivity contribution in [2.24, 2.45) is 0 Å². The molecule has 2 fully saturated rings. The lowest BCUT2D eigenvalue weighted by molar-refractivity contribution is -0.204. The molecule has 0 bridgehead atoms. The molecule has 4 rings (SSSR count). The fraction of sp³-hybridized carbons (Fsp3) is 0.500. The van der Waals surface area contributed by atoms with Crippen molar-refractivity contribution in [3.8, 4) is 0 Å². The fourth-order valence-corrected chi connectivity index (χ4v) is 4.15. The van der Waals surface area contributed by atoms with Gasteiger partial charge in [-0.05, 0) is 11.1 Å². The first-order valence-electron chi connectivity index (χ1n) is 10.4. The normalized spacial score (nSPS) is 29.1. The highest BCUT2D eigenvalue weighted by atomic mass is 16.7. The molecule has 0 aromatic heterocycles. The van der Waals surface area contributed by atoms with Crippen molar-refractivity contribution in [2.75, 3.05) is 34.4 Å². The van der Waals surface area contributed by atoms with Crippen molar-refractivity contribution in [1.29, 1.82) is 0 Å². The van der Waals surface area contributed by atoms with Gasteiger partial charge in [-0.25, -0.2) is 0 Å². The van der Waals surface area contributed by atoms with Gasteiger partial charge in [0.25, 0.3) is 0 Å². The number of hydrogen-bond acceptors (Lipinski definition) is 7. The molecule has 2 aliphatic rings. The number of epoxide rings is 1. The van der Waals surface area contributed by atoms with Crippen molar-refractivity contribution >= 4 is 0 Å². The molecule has 31 heavy (non-hydrogen) atoms. The molecular weight excluding hydrogens is 400 g/mol. The van der Waals surface area contributed by atoms with E-state index in [9.17, 15) is 0 Å². The summed E-state index contributed by atoms with van der Waals surface area (Å²) in [6.45, 7) is 1.59. The monoisotopic (exact) mass is 430 g/mol. The molecule has 0 spiro atoms. The highest BCUT2D eigenvalue weighted by Crippen LogP contribution is 2.54. The van der Waals surface area contributed by atoms with Crippen LogP contribution in [0.1, 0.15) is 11.1 Å². The van der Waals surface area contributed by atoms with E-state index in [0.717, 1.165) is 11.1 Å². The van der Waals surface area contributed by atoms with Gasteiger partial charge in [0.1, 0.15) is 43.6 Å². The molecule has 2 aromatic rings. The topological polar surface area (TPSA) is 67.9 Å². The number of hydrogen-bond donors (Lipinski definition) is 0. The Labute approximate surface area is 183 Å². The summed E-state index contributed by atoms with van der Waals surface area (Å²) in [4.78, 5) is 0. The minimum Gasteiger partial charge on any atom is -0.374 e. The van der Waals surface area contributed by atoms with Crippen LogP contribution in [0.3, 0.4) is 0 Å². The maximum absolute atomic E-state index is 6.36. The zero-order valence-electron chi connectivity index (χ0n) is 18.0. The van der Waals surface area contributed by atoms with E-state index in [1.165, 1.54) is 0 Å². The van der Waals surface area contributed by atoms with Crippen molar-refractivity contribution < 1.29 is 33.2 Å². The summed E-state index contributed by atoms with van der Waals surface area (Å²) in [6, 6.07) is 20.1. The number of methoxy groups -OCH3 is 2. The smallest absolute Gasteiger partial charge is 0.149 e. The molecule has 0 N–H and O–H groups in total. The third-order valence-corrected chi connectivity index (χ3v) is 5.64. The van der Waals surface area contributed by atoms with Gasteiger partial charge in [0, 0.05) is 14.2 Å². The molecule has 1 saturated carbocycles. The van der Waals surface area contributed by atoms with Crippen LogP contribution in [0.15, 0.2) is 60.7 Å². The lowest BCUT2D eigenvalue weighted by Crippen LogP contribution is -2.45. The molecule has 2 aromatic carbocycles. The molecule has 0 unspecified atom stereocenters. The van der Waals surface area contributed by atoms with Crippen molar-refractivity contribution in [3.63, 3.8) is 0 Å². The van der Waals surface area contributed by atoms with Crippen LogP contribution in [0.4, 0.5) is 0 Å². The third kappa shape index (κ3) is 5.15. The van der Waals surface area contributed by atoms with Crippen LogP contribution >= 0.6 is 0 Å². The summed E-state index contributed by atoms with van der Waals surface area (Å²) in [6.07, 6.45) is -1.26. The minimum atomic E-state index is -0.625. The van der Waals surface area contributed by atoms with E-state index in [1.54, 1.807) is 14.2 Å². The molecule has 168 valence electrons. The van der Waals surface area contributed by atoms with E-state index in [4.69, 9.17) is 33.2 Å². The van der Waals surface area contributed by atoms with Gasteiger partial charge in [0.15, 0.2) is 0 Å². The molecule has 7 heteroatoms. The quantitative estimate of drug-likeness (QED) is 0.358. The van der Waals surface area contributed by atoms with Gasteiger partial charge in [-0.15, -0.1) is 0 Å². The lowest BCUT2D eigenvalue weighted by atomic mass is 10.1. The van der Waals surface area contributed by atoms with E-state index in [-0.39, 0.29) is 38.0 Å². The Kier molecular flexibility index (Phi) is 7.68. The number of ether oxygens (including phenoxy) is 7. The van der Waals surface area contributed by atoms with Crippen LogP contribution in [-0.4, -0.2) is 64.4 Å². The number of benzene rings is 2. The van der Waals surface area contributed by atoms with Gasteiger partial charge in [0.2, 0.25) is 0 Å². The highest BCUT2D eigenvalue weighted by Gasteiger charge is 2.76. The molecule has 0 radical (unpaired) electrons. The predicted molar refractivity (Wildman–Crippen MR) is 112 cm³/mol. The van der Waals surface area contributed by atoms with E-state index in [2.05, 4.69) is 0 Å². The second-order valence-corrected chi connectivity index (χ2v) is 7.76. The first kappa shape index (κ1) is 22.4. The summed E-state index contributed by atoms with van der Waals surface area (Å²) < 4.78 is 40.8. The van der Waals surface area contributed by atoms with Crippen LogP contribution in [0.5, 0.6) is 0 Å². The Balaban J connectivity index is 1.47. The van der Waals surface area contributed by atoms with Gasteiger partial charge < -0.3 is 33.2 Å². The standard InChI is InChI=1S/C24H30O7/c1-25-16-29-20-21(30-17-26-2)23-24(31-23,15-27-13-18-9-5-3-6-10-18)22(20)28-14-19-11-7-4-8-12-19/h3-12,20-23H,13-17H2,1-2H3/t20-,21-,22+,23+,24-/m1/s1. The number of fused-ring (bicyclic) bond motifs is 1. The molecule has 1 heterocycles. The van der Waals surface area contributed by atoms with Crippen molar-refractivity contribution in [2.45, 2.75) is 43.2 Å². The zero-order chi connectivity index (χ0) is 21.5. The van der Waals surface area contributed by atoms with Crippen molar-refractivity contribution in [1.82, 2.24) is 0 Å². The summed E-state index contributed by atoms with van der Waals surface area (Å²) in [5, 5.41) is 0. The van der Waals surface area contributed by atoms with Gasteiger partial charge in [-0.1, -0.05) is 60.7 Å². The first-order valence-corrected chi connectivity index (χ1v) is 10.4. The second-order valence-electron chi connectivity index (χ2n) is 7.76. The highest BCUT2D eigenvalue weighted by molar-refractivity contribution is 5.24. The molecule has 0 amide bonds. The maximum atomic E-state index is 6.36. The average Bonchev–Trinajstić information content (AvgIpc) is 3.47. The molecule has 7 nitrogen and oxygen atoms in total. The van der Waals surface area contributed by atoms with Crippen molar-refractivity contribution in [3.05, 3.63) is 71.8 Å². The number of rotatable bonds is 13. The van der Waals surface area contributed by atoms with E-state index in [1.807, 2.05) is 60.7 Å². The summed E-state index contributed by atoms with van der Waals surface area (Å²) in [5.74, 6) is 0. The SMILES string of the molecule is COCO[C@@H]1[C@@H](OCOC)[C@@H]2O[C@]2(COCc2ccccc2)[C@H]1OCc1ccccc1. The van der Waals surface area contributed by atoms with E-state index >= 15 is 0 Å². The molecule has 1 aliphatic heterocycles. The molecule has 1 aliphatic carbocycles. The van der Waals surface area contributed by atoms with E-state index < -0.39 is 5.60 Å². The fourth-order valence-electron chi connectivity index (χ4n) is 4.15. The predicted octanol–water partition coefficient (Wildman–Crippen LogP) is 2.92.